The van der Waals surface area contributed by atoms with E-state index in [2.05, 4.69) is 5.32 Å². The Morgan fingerprint density at radius 2 is 2.03 bits per heavy atom. The molecule has 3 aliphatic rings. The third-order valence-electron chi connectivity index (χ3n) is 6.03. The van der Waals surface area contributed by atoms with Crippen molar-refractivity contribution in [2.24, 2.45) is 0 Å². The Labute approximate surface area is 199 Å². The Balaban J connectivity index is 1.39. The predicted octanol–water partition coefficient (Wildman–Crippen LogP) is 2.83. The van der Waals surface area contributed by atoms with Crippen molar-refractivity contribution in [3.8, 4) is 0 Å². The van der Waals surface area contributed by atoms with E-state index in [1.54, 1.807) is 29.2 Å². The van der Waals surface area contributed by atoms with Crippen LogP contribution in [-0.4, -0.2) is 57.3 Å². The zero-order valence-electron chi connectivity index (χ0n) is 17.3. The van der Waals surface area contributed by atoms with Crippen molar-refractivity contribution in [2.45, 2.75) is 36.3 Å². The molecule has 3 amide bonds. The summed E-state index contributed by atoms with van der Waals surface area (Å²) < 4.78 is 32.2. The van der Waals surface area contributed by atoms with Gasteiger partial charge in [0, 0.05) is 18.7 Å². The van der Waals surface area contributed by atoms with Crippen LogP contribution in [-0.2, 0) is 19.4 Å². The Bertz CT molecular complexity index is 1260. The van der Waals surface area contributed by atoms with E-state index in [4.69, 9.17) is 16.3 Å². The Kier molecular flexibility index (Phi) is 5.58. The zero-order valence-corrected chi connectivity index (χ0v) is 19.7. The van der Waals surface area contributed by atoms with Gasteiger partial charge < -0.3 is 15.0 Å². The summed E-state index contributed by atoms with van der Waals surface area (Å²) in [4.78, 5) is 40.6. The number of hydrogen-bond acceptors (Lipinski definition) is 7. The summed E-state index contributed by atoms with van der Waals surface area (Å²) in [6.45, 7) is 0.496. The number of nitrogens with zero attached hydrogens (tertiary/aromatic N) is 2. The highest BCUT2D eigenvalue weighted by Crippen LogP contribution is 2.41. The molecule has 1 aromatic heterocycles. The van der Waals surface area contributed by atoms with Crippen molar-refractivity contribution in [3.05, 3.63) is 39.5 Å². The number of ether oxygens (including phenoxy) is 1. The van der Waals surface area contributed by atoms with E-state index in [0.29, 0.717) is 27.9 Å². The second-order valence-corrected chi connectivity index (χ2v) is 11.8. The number of piperidine rings is 1. The van der Waals surface area contributed by atoms with E-state index in [1.807, 2.05) is 0 Å². The minimum atomic E-state index is -3.76. The number of cyclic esters (lactones) is 1. The minimum Gasteiger partial charge on any atom is -0.442 e. The first-order valence-electron chi connectivity index (χ1n) is 10.5. The third-order valence-corrected chi connectivity index (χ3v) is 9.04. The standard InChI is InChI=1S/C21H20ClN3O6S2/c22-18-7-6-16(32-18)20(27)23-10-15-14-11-33(29,30)17-9-12(24-8-2-1-3-19(24)26)4-5-13(17)25(14)21(28)31-15/h4-7,9,14-15H,1-3,8,10-11H2,(H,23,27)/t14-,15-/m0/s1. The van der Waals surface area contributed by atoms with E-state index in [0.717, 1.165) is 24.2 Å². The molecule has 0 spiro atoms. The van der Waals surface area contributed by atoms with Gasteiger partial charge in [-0.15, -0.1) is 11.3 Å². The summed E-state index contributed by atoms with van der Waals surface area (Å²) >= 11 is 6.98. The van der Waals surface area contributed by atoms with E-state index >= 15 is 0 Å². The summed E-state index contributed by atoms with van der Waals surface area (Å²) in [5.41, 5.74) is 0.731. The van der Waals surface area contributed by atoms with Crippen molar-refractivity contribution < 1.29 is 27.5 Å². The van der Waals surface area contributed by atoms with Gasteiger partial charge in [0.25, 0.3) is 5.91 Å². The fourth-order valence-electron chi connectivity index (χ4n) is 4.43. The van der Waals surface area contributed by atoms with Crippen LogP contribution in [0, 0.1) is 0 Å². The number of anilines is 2. The molecule has 0 unspecified atom stereocenters. The first kappa shape index (κ1) is 22.2. The molecule has 5 rings (SSSR count). The van der Waals surface area contributed by atoms with Gasteiger partial charge in [0.1, 0.15) is 6.10 Å². The number of hydrogen-bond donors (Lipinski definition) is 1. The molecule has 0 bridgehead atoms. The molecule has 2 aromatic rings. The quantitative estimate of drug-likeness (QED) is 0.678. The SMILES string of the molecule is O=C(NC[C@@H]1OC(=O)N2c3ccc(N4CCCCC4=O)cc3S(=O)(=O)C[C@@H]12)c1ccc(Cl)s1. The summed E-state index contributed by atoms with van der Waals surface area (Å²) in [7, 11) is -3.76. The van der Waals surface area contributed by atoms with Gasteiger partial charge in [-0.05, 0) is 43.2 Å². The second-order valence-electron chi connectivity index (χ2n) is 8.11. The Hall–Kier alpha value is -2.63. The number of halogens is 1. The van der Waals surface area contributed by atoms with Crippen LogP contribution in [0.15, 0.2) is 35.2 Å². The van der Waals surface area contributed by atoms with Crippen molar-refractivity contribution in [3.63, 3.8) is 0 Å². The maximum Gasteiger partial charge on any atom is 0.415 e. The maximum atomic E-state index is 13.1. The fourth-order valence-corrected chi connectivity index (χ4v) is 7.17. The van der Waals surface area contributed by atoms with Gasteiger partial charge in [-0.25, -0.2) is 13.2 Å². The number of rotatable bonds is 4. The summed E-state index contributed by atoms with van der Waals surface area (Å²) in [5.74, 6) is -0.763. The second kappa shape index (κ2) is 8.30. The molecule has 174 valence electrons. The Morgan fingerprint density at radius 3 is 2.76 bits per heavy atom. The van der Waals surface area contributed by atoms with Gasteiger partial charge in [0.05, 0.1) is 38.1 Å². The number of amides is 3. The lowest BCUT2D eigenvalue weighted by Gasteiger charge is -2.33. The van der Waals surface area contributed by atoms with E-state index < -0.39 is 28.1 Å². The molecule has 33 heavy (non-hydrogen) atoms. The van der Waals surface area contributed by atoms with Crippen molar-refractivity contribution in [2.75, 3.05) is 28.6 Å². The largest absolute Gasteiger partial charge is 0.442 e. The van der Waals surface area contributed by atoms with Gasteiger partial charge >= 0.3 is 6.09 Å². The normalized spacial score (nSPS) is 23.7. The molecule has 0 saturated carbocycles. The monoisotopic (exact) mass is 509 g/mol. The van der Waals surface area contributed by atoms with Crippen LogP contribution >= 0.6 is 22.9 Å². The van der Waals surface area contributed by atoms with E-state index in [1.165, 1.54) is 11.0 Å². The van der Waals surface area contributed by atoms with Gasteiger partial charge in [-0.2, -0.15) is 0 Å². The molecule has 4 heterocycles. The third kappa shape index (κ3) is 3.98. The highest BCUT2D eigenvalue weighted by molar-refractivity contribution is 7.91. The molecular formula is C21H20ClN3O6S2. The first-order valence-corrected chi connectivity index (χ1v) is 13.3. The van der Waals surface area contributed by atoms with Crippen LogP contribution in [0.25, 0.3) is 0 Å². The lowest BCUT2D eigenvalue weighted by atomic mass is 10.1. The number of benzene rings is 1. The Morgan fingerprint density at radius 1 is 1.21 bits per heavy atom. The van der Waals surface area contributed by atoms with Gasteiger partial charge in [0.2, 0.25) is 5.91 Å². The summed E-state index contributed by atoms with van der Waals surface area (Å²) in [5, 5.41) is 2.69. The molecule has 1 aromatic carbocycles. The fraction of sp³-hybridized carbons (Fsp3) is 0.381. The molecule has 2 saturated heterocycles. The van der Waals surface area contributed by atoms with Crippen LogP contribution in [0.3, 0.4) is 0 Å². The number of carbonyl (C=O) groups is 3. The van der Waals surface area contributed by atoms with Crippen LogP contribution in [0.1, 0.15) is 28.9 Å². The molecular weight excluding hydrogens is 490 g/mol. The molecule has 2 atom stereocenters. The molecule has 3 aliphatic heterocycles. The van der Waals surface area contributed by atoms with Crippen LogP contribution < -0.4 is 15.1 Å². The number of sulfone groups is 1. The van der Waals surface area contributed by atoms with Gasteiger partial charge in [-0.1, -0.05) is 11.6 Å². The number of fused-ring (bicyclic) bond motifs is 3. The smallest absolute Gasteiger partial charge is 0.415 e. The van der Waals surface area contributed by atoms with Gasteiger partial charge in [0.15, 0.2) is 9.84 Å². The molecule has 2 fully saturated rings. The number of carbonyl (C=O) groups excluding carboxylic acids is 3. The molecule has 12 heteroatoms. The minimum absolute atomic E-state index is 0.00415. The molecule has 9 nitrogen and oxygen atoms in total. The molecule has 1 N–H and O–H groups in total. The average Bonchev–Trinajstić information content (AvgIpc) is 3.35. The predicted molar refractivity (Wildman–Crippen MR) is 123 cm³/mol. The average molecular weight is 510 g/mol. The maximum absolute atomic E-state index is 13.1. The van der Waals surface area contributed by atoms with E-state index in [9.17, 15) is 22.8 Å². The number of thiophene rings is 1. The van der Waals surface area contributed by atoms with Crippen LogP contribution in [0.5, 0.6) is 0 Å². The highest BCUT2D eigenvalue weighted by Gasteiger charge is 2.50. The lowest BCUT2D eigenvalue weighted by Crippen LogP contribution is -2.49. The highest BCUT2D eigenvalue weighted by atomic mass is 35.5. The zero-order chi connectivity index (χ0) is 23.3. The summed E-state index contributed by atoms with van der Waals surface area (Å²) in [6.07, 6.45) is 0.591. The molecule has 0 aliphatic carbocycles. The van der Waals surface area contributed by atoms with E-state index in [-0.39, 0.29) is 34.7 Å². The van der Waals surface area contributed by atoms with Crippen molar-refractivity contribution in [1.29, 1.82) is 0 Å². The first-order chi connectivity index (χ1) is 15.7. The number of nitrogens with one attached hydrogen (secondary N) is 1. The van der Waals surface area contributed by atoms with Crippen LogP contribution in [0.2, 0.25) is 4.34 Å². The molecule has 0 radical (unpaired) electrons. The van der Waals surface area contributed by atoms with Crippen molar-refractivity contribution in [1.82, 2.24) is 5.32 Å². The van der Waals surface area contributed by atoms with Gasteiger partial charge in [-0.3, -0.25) is 14.5 Å². The van der Waals surface area contributed by atoms with Crippen molar-refractivity contribution >= 4 is 62.1 Å². The lowest BCUT2D eigenvalue weighted by molar-refractivity contribution is -0.119. The van der Waals surface area contributed by atoms with Crippen LogP contribution in [0.4, 0.5) is 16.2 Å². The topological polar surface area (TPSA) is 113 Å². The summed E-state index contributed by atoms with van der Waals surface area (Å²) in [6, 6.07) is 7.09.